The molecule has 0 aliphatic carbocycles. The van der Waals surface area contributed by atoms with Crippen molar-refractivity contribution in [2.45, 2.75) is 32.7 Å². The second-order valence-electron chi connectivity index (χ2n) is 4.56. The fourth-order valence-corrected chi connectivity index (χ4v) is 2.57. The molecule has 0 fully saturated rings. The zero-order chi connectivity index (χ0) is 13.8. The van der Waals surface area contributed by atoms with Crippen LogP contribution in [0.3, 0.4) is 0 Å². The SMILES string of the molecule is CCc1nn(C)c2c1nc(CCCl)n2CCCOC. The van der Waals surface area contributed by atoms with Crippen LogP contribution in [0.5, 0.6) is 0 Å². The van der Waals surface area contributed by atoms with Crippen molar-refractivity contribution >= 4 is 22.8 Å². The number of aromatic nitrogens is 4. The van der Waals surface area contributed by atoms with E-state index < -0.39 is 0 Å². The molecule has 19 heavy (non-hydrogen) atoms. The molecule has 2 heterocycles. The number of ether oxygens (including phenoxy) is 1. The number of hydrogen-bond acceptors (Lipinski definition) is 3. The van der Waals surface area contributed by atoms with Gasteiger partial charge >= 0.3 is 0 Å². The van der Waals surface area contributed by atoms with Crippen LogP contribution >= 0.6 is 11.6 Å². The highest BCUT2D eigenvalue weighted by atomic mass is 35.5. The smallest absolute Gasteiger partial charge is 0.158 e. The largest absolute Gasteiger partial charge is 0.385 e. The van der Waals surface area contributed by atoms with E-state index in [2.05, 4.69) is 16.6 Å². The van der Waals surface area contributed by atoms with Gasteiger partial charge in [0.2, 0.25) is 0 Å². The maximum atomic E-state index is 5.88. The molecule has 0 aliphatic heterocycles. The lowest BCUT2D eigenvalue weighted by Gasteiger charge is -2.08. The summed E-state index contributed by atoms with van der Waals surface area (Å²) in [4.78, 5) is 4.73. The van der Waals surface area contributed by atoms with Crippen LogP contribution in [0.25, 0.3) is 11.2 Å². The van der Waals surface area contributed by atoms with Crippen molar-refractivity contribution in [3.8, 4) is 0 Å². The summed E-state index contributed by atoms with van der Waals surface area (Å²) in [6.07, 6.45) is 2.64. The quantitative estimate of drug-likeness (QED) is 0.578. The molecule has 0 unspecified atom stereocenters. The van der Waals surface area contributed by atoms with Gasteiger partial charge in [-0.1, -0.05) is 6.92 Å². The summed E-state index contributed by atoms with van der Waals surface area (Å²) in [5.74, 6) is 1.63. The summed E-state index contributed by atoms with van der Waals surface area (Å²) >= 11 is 5.88. The standard InChI is InChI=1S/C13H21ClN4O/c1-4-10-12-13(17(2)16-10)18(8-5-9-19-3)11(15-12)6-7-14/h4-9H2,1-3H3. The van der Waals surface area contributed by atoms with Gasteiger partial charge in [0.05, 0.1) is 5.69 Å². The molecular formula is C13H21ClN4O. The molecule has 6 heteroatoms. The van der Waals surface area contributed by atoms with Crippen LogP contribution in [0.1, 0.15) is 24.9 Å². The van der Waals surface area contributed by atoms with Gasteiger partial charge in [-0.3, -0.25) is 4.68 Å². The number of aryl methyl sites for hydroxylation is 4. The average molecular weight is 285 g/mol. The molecule has 2 aromatic heterocycles. The van der Waals surface area contributed by atoms with E-state index in [4.69, 9.17) is 21.3 Å². The first-order chi connectivity index (χ1) is 9.22. The van der Waals surface area contributed by atoms with E-state index in [-0.39, 0.29) is 0 Å². The number of halogens is 1. The predicted octanol–water partition coefficient (Wildman–Crippen LogP) is 2.15. The first-order valence-electron chi connectivity index (χ1n) is 6.68. The zero-order valence-corrected chi connectivity index (χ0v) is 12.6. The van der Waals surface area contributed by atoms with E-state index in [1.165, 1.54) is 0 Å². The number of alkyl halides is 1. The third-order valence-corrected chi connectivity index (χ3v) is 3.44. The van der Waals surface area contributed by atoms with Gasteiger partial charge in [0, 0.05) is 39.6 Å². The molecule has 0 bridgehead atoms. The Labute approximate surface area is 118 Å². The number of methoxy groups -OCH3 is 1. The number of rotatable bonds is 7. The molecule has 0 aromatic carbocycles. The van der Waals surface area contributed by atoms with Crippen molar-refractivity contribution in [3.63, 3.8) is 0 Å². The topological polar surface area (TPSA) is 44.9 Å². The minimum absolute atomic E-state index is 0.586. The Bertz CT molecular complexity index is 546. The van der Waals surface area contributed by atoms with Gasteiger partial charge in [-0.2, -0.15) is 5.10 Å². The van der Waals surface area contributed by atoms with Crippen molar-refractivity contribution < 1.29 is 4.74 Å². The van der Waals surface area contributed by atoms with E-state index in [0.29, 0.717) is 5.88 Å². The number of hydrogen-bond donors (Lipinski definition) is 0. The normalized spacial score (nSPS) is 11.6. The molecule has 0 atom stereocenters. The summed E-state index contributed by atoms with van der Waals surface area (Å²) in [5, 5.41) is 4.53. The third kappa shape index (κ3) is 2.77. The average Bonchev–Trinajstić information content (AvgIpc) is 2.89. The van der Waals surface area contributed by atoms with Crippen LogP contribution in [0.2, 0.25) is 0 Å². The van der Waals surface area contributed by atoms with E-state index >= 15 is 0 Å². The molecule has 0 saturated carbocycles. The second kappa shape index (κ2) is 6.39. The minimum Gasteiger partial charge on any atom is -0.385 e. The lowest BCUT2D eigenvalue weighted by atomic mass is 10.3. The summed E-state index contributed by atoms with van der Waals surface area (Å²) in [5.41, 5.74) is 3.16. The van der Waals surface area contributed by atoms with Crippen molar-refractivity contribution in [1.82, 2.24) is 19.3 Å². The first-order valence-corrected chi connectivity index (χ1v) is 7.22. The van der Waals surface area contributed by atoms with Crippen molar-refractivity contribution in [3.05, 3.63) is 11.5 Å². The van der Waals surface area contributed by atoms with Gasteiger partial charge in [0.1, 0.15) is 11.3 Å². The van der Waals surface area contributed by atoms with E-state index in [0.717, 1.165) is 55.1 Å². The summed E-state index contributed by atoms with van der Waals surface area (Å²) in [7, 11) is 3.70. The van der Waals surface area contributed by atoms with Gasteiger partial charge in [-0.05, 0) is 12.8 Å². The molecular weight excluding hydrogens is 264 g/mol. The van der Waals surface area contributed by atoms with Gasteiger partial charge in [0.15, 0.2) is 5.65 Å². The number of fused-ring (bicyclic) bond motifs is 1. The van der Waals surface area contributed by atoms with Crippen molar-refractivity contribution in [2.75, 3.05) is 19.6 Å². The highest BCUT2D eigenvalue weighted by Gasteiger charge is 2.17. The van der Waals surface area contributed by atoms with Gasteiger partial charge < -0.3 is 9.30 Å². The van der Waals surface area contributed by atoms with E-state index in [1.807, 2.05) is 11.7 Å². The molecule has 5 nitrogen and oxygen atoms in total. The number of imidazole rings is 1. The van der Waals surface area contributed by atoms with E-state index in [1.54, 1.807) is 7.11 Å². The summed E-state index contributed by atoms with van der Waals surface area (Å²) in [6.45, 7) is 3.74. The van der Waals surface area contributed by atoms with Crippen LogP contribution in [0, 0.1) is 0 Å². The predicted molar refractivity (Wildman–Crippen MR) is 76.8 cm³/mol. The molecule has 0 spiro atoms. The lowest BCUT2D eigenvalue weighted by molar-refractivity contribution is 0.190. The second-order valence-corrected chi connectivity index (χ2v) is 4.94. The van der Waals surface area contributed by atoms with Crippen LogP contribution in [0.4, 0.5) is 0 Å². The van der Waals surface area contributed by atoms with Gasteiger partial charge in [-0.25, -0.2) is 4.98 Å². The molecule has 0 radical (unpaired) electrons. The Morgan fingerprint density at radius 3 is 2.79 bits per heavy atom. The maximum Gasteiger partial charge on any atom is 0.158 e. The van der Waals surface area contributed by atoms with Crippen LogP contribution < -0.4 is 0 Å². The molecule has 106 valence electrons. The van der Waals surface area contributed by atoms with Crippen LogP contribution in [0.15, 0.2) is 0 Å². The van der Waals surface area contributed by atoms with Crippen molar-refractivity contribution in [2.24, 2.45) is 7.05 Å². The Kier molecular flexibility index (Phi) is 4.82. The molecule has 2 aromatic rings. The highest BCUT2D eigenvalue weighted by Crippen LogP contribution is 2.21. The zero-order valence-electron chi connectivity index (χ0n) is 11.8. The molecule has 2 rings (SSSR count). The molecule has 0 aliphatic rings. The maximum absolute atomic E-state index is 5.88. The Balaban J connectivity index is 2.43. The first kappa shape index (κ1) is 14.3. The highest BCUT2D eigenvalue weighted by molar-refractivity contribution is 6.17. The lowest BCUT2D eigenvalue weighted by Crippen LogP contribution is -2.09. The molecule has 0 saturated heterocycles. The van der Waals surface area contributed by atoms with Gasteiger partial charge in [-0.15, -0.1) is 11.6 Å². The summed E-state index contributed by atoms with van der Waals surface area (Å²) < 4.78 is 9.27. The monoisotopic (exact) mass is 284 g/mol. The van der Waals surface area contributed by atoms with Crippen LogP contribution in [-0.2, 0) is 31.2 Å². The molecule has 0 amide bonds. The Morgan fingerprint density at radius 1 is 1.37 bits per heavy atom. The Hall–Kier alpha value is -1.07. The fraction of sp³-hybridized carbons (Fsp3) is 0.692. The fourth-order valence-electron chi connectivity index (χ4n) is 2.40. The summed E-state index contributed by atoms with van der Waals surface area (Å²) in [6, 6.07) is 0. The Morgan fingerprint density at radius 2 is 2.16 bits per heavy atom. The van der Waals surface area contributed by atoms with Crippen LogP contribution in [-0.4, -0.2) is 38.9 Å². The number of nitrogens with zero attached hydrogens (tertiary/aromatic N) is 4. The van der Waals surface area contributed by atoms with Gasteiger partial charge in [0.25, 0.3) is 0 Å². The molecule has 0 N–H and O–H groups in total. The minimum atomic E-state index is 0.586. The third-order valence-electron chi connectivity index (χ3n) is 3.25. The van der Waals surface area contributed by atoms with E-state index in [9.17, 15) is 0 Å². The van der Waals surface area contributed by atoms with Crippen molar-refractivity contribution in [1.29, 1.82) is 0 Å².